The van der Waals surface area contributed by atoms with E-state index in [1.165, 1.54) is 16.7 Å². The van der Waals surface area contributed by atoms with Crippen molar-refractivity contribution in [2.24, 2.45) is 5.73 Å². The Labute approximate surface area is 108 Å². The molecule has 0 unspecified atom stereocenters. The SMILES string of the molecule is COCCc1ccc(-c2ccc(CN)cc2)cc1. The van der Waals surface area contributed by atoms with Gasteiger partial charge in [-0.05, 0) is 28.7 Å². The Bertz CT molecular complexity index is 473. The molecule has 0 atom stereocenters. The van der Waals surface area contributed by atoms with Gasteiger partial charge in [0.25, 0.3) is 0 Å². The van der Waals surface area contributed by atoms with Crippen molar-refractivity contribution in [2.75, 3.05) is 13.7 Å². The molecule has 0 heterocycles. The molecule has 2 N–H and O–H groups in total. The molecule has 94 valence electrons. The van der Waals surface area contributed by atoms with Gasteiger partial charge in [-0.15, -0.1) is 0 Å². The molecular weight excluding hydrogens is 222 g/mol. The van der Waals surface area contributed by atoms with Gasteiger partial charge in [-0.2, -0.15) is 0 Å². The van der Waals surface area contributed by atoms with E-state index in [0.29, 0.717) is 6.54 Å². The van der Waals surface area contributed by atoms with Crippen LogP contribution in [0.1, 0.15) is 11.1 Å². The minimum atomic E-state index is 0.593. The molecule has 0 spiro atoms. The quantitative estimate of drug-likeness (QED) is 0.873. The highest BCUT2D eigenvalue weighted by molar-refractivity contribution is 5.63. The molecule has 0 aliphatic carbocycles. The third-order valence-electron chi connectivity index (χ3n) is 3.07. The molecule has 0 radical (unpaired) electrons. The zero-order chi connectivity index (χ0) is 12.8. The van der Waals surface area contributed by atoms with Gasteiger partial charge in [0.15, 0.2) is 0 Å². The second-order valence-electron chi connectivity index (χ2n) is 4.34. The molecule has 0 amide bonds. The predicted octanol–water partition coefficient (Wildman–Crippen LogP) is 3.00. The standard InChI is InChI=1S/C16H19NO/c1-18-11-10-13-2-6-15(7-3-13)16-8-4-14(12-17)5-9-16/h2-9H,10-12,17H2,1H3. The largest absolute Gasteiger partial charge is 0.384 e. The van der Waals surface area contributed by atoms with E-state index in [4.69, 9.17) is 10.5 Å². The van der Waals surface area contributed by atoms with Crippen molar-refractivity contribution >= 4 is 0 Å². The van der Waals surface area contributed by atoms with E-state index in [1.54, 1.807) is 7.11 Å². The second-order valence-corrected chi connectivity index (χ2v) is 4.34. The molecule has 0 aliphatic rings. The van der Waals surface area contributed by atoms with E-state index in [1.807, 2.05) is 0 Å². The summed E-state index contributed by atoms with van der Waals surface area (Å²) in [5.41, 5.74) is 10.5. The first-order valence-corrected chi connectivity index (χ1v) is 6.21. The van der Waals surface area contributed by atoms with Crippen molar-refractivity contribution in [2.45, 2.75) is 13.0 Å². The van der Waals surface area contributed by atoms with E-state index in [-0.39, 0.29) is 0 Å². The first-order valence-electron chi connectivity index (χ1n) is 6.21. The molecule has 0 aliphatic heterocycles. The molecule has 18 heavy (non-hydrogen) atoms. The van der Waals surface area contributed by atoms with Crippen molar-refractivity contribution in [1.29, 1.82) is 0 Å². The van der Waals surface area contributed by atoms with E-state index < -0.39 is 0 Å². The van der Waals surface area contributed by atoms with Crippen molar-refractivity contribution in [3.8, 4) is 11.1 Å². The number of nitrogens with two attached hydrogens (primary N) is 1. The maximum Gasteiger partial charge on any atom is 0.0502 e. The van der Waals surface area contributed by atoms with Crippen LogP contribution in [0, 0.1) is 0 Å². The maximum absolute atomic E-state index is 5.59. The smallest absolute Gasteiger partial charge is 0.0502 e. The van der Waals surface area contributed by atoms with E-state index >= 15 is 0 Å². The van der Waals surface area contributed by atoms with Crippen molar-refractivity contribution in [3.05, 3.63) is 59.7 Å². The highest BCUT2D eigenvalue weighted by Crippen LogP contribution is 2.20. The highest BCUT2D eigenvalue weighted by Gasteiger charge is 1.98. The lowest BCUT2D eigenvalue weighted by Gasteiger charge is -2.05. The number of hydrogen-bond donors (Lipinski definition) is 1. The Hall–Kier alpha value is -1.64. The summed E-state index contributed by atoms with van der Waals surface area (Å²) in [6.45, 7) is 1.36. The van der Waals surface area contributed by atoms with Gasteiger partial charge in [0.2, 0.25) is 0 Å². The first kappa shape index (κ1) is 12.8. The van der Waals surface area contributed by atoms with Gasteiger partial charge < -0.3 is 10.5 Å². The summed E-state index contributed by atoms with van der Waals surface area (Å²) in [7, 11) is 1.73. The van der Waals surface area contributed by atoms with Crippen LogP contribution in [0.3, 0.4) is 0 Å². The van der Waals surface area contributed by atoms with Gasteiger partial charge >= 0.3 is 0 Å². The Morgan fingerprint density at radius 1 is 0.833 bits per heavy atom. The third-order valence-corrected chi connectivity index (χ3v) is 3.07. The number of benzene rings is 2. The third kappa shape index (κ3) is 3.19. The van der Waals surface area contributed by atoms with E-state index in [9.17, 15) is 0 Å². The molecule has 2 heteroatoms. The van der Waals surface area contributed by atoms with Gasteiger partial charge in [0.05, 0.1) is 6.61 Å². The van der Waals surface area contributed by atoms with Crippen molar-refractivity contribution in [3.63, 3.8) is 0 Å². The van der Waals surface area contributed by atoms with Gasteiger partial charge in [-0.3, -0.25) is 0 Å². The Kier molecular flexibility index (Phi) is 4.51. The minimum Gasteiger partial charge on any atom is -0.384 e. The van der Waals surface area contributed by atoms with Crippen LogP contribution in [-0.2, 0) is 17.7 Å². The summed E-state index contributed by atoms with van der Waals surface area (Å²) in [6.07, 6.45) is 0.961. The summed E-state index contributed by atoms with van der Waals surface area (Å²) in [5, 5.41) is 0. The van der Waals surface area contributed by atoms with E-state index in [2.05, 4.69) is 48.5 Å². The second kappa shape index (κ2) is 6.34. The number of rotatable bonds is 5. The fraction of sp³-hybridized carbons (Fsp3) is 0.250. The monoisotopic (exact) mass is 241 g/mol. The molecular formula is C16H19NO. The van der Waals surface area contributed by atoms with Crippen molar-refractivity contribution in [1.82, 2.24) is 0 Å². The predicted molar refractivity (Wildman–Crippen MR) is 75.3 cm³/mol. The topological polar surface area (TPSA) is 35.2 Å². The minimum absolute atomic E-state index is 0.593. The molecule has 0 fully saturated rings. The van der Waals surface area contributed by atoms with Crippen LogP contribution < -0.4 is 5.73 Å². The van der Waals surface area contributed by atoms with Crippen LogP contribution in [0.5, 0.6) is 0 Å². The van der Waals surface area contributed by atoms with Crippen LogP contribution in [0.15, 0.2) is 48.5 Å². The Morgan fingerprint density at radius 3 is 1.78 bits per heavy atom. The van der Waals surface area contributed by atoms with Gasteiger partial charge in [-0.25, -0.2) is 0 Å². The number of ether oxygens (including phenoxy) is 1. The normalized spacial score (nSPS) is 10.6. The van der Waals surface area contributed by atoms with Gasteiger partial charge in [0.1, 0.15) is 0 Å². The van der Waals surface area contributed by atoms with Gasteiger partial charge in [0, 0.05) is 13.7 Å². The van der Waals surface area contributed by atoms with Crippen molar-refractivity contribution < 1.29 is 4.74 Å². The van der Waals surface area contributed by atoms with Crippen LogP contribution in [0.25, 0.3) is 11.1 Å². The summed E-state index contributed by atoms with van der Waals surface area (Å²) in [4.78, 5) is 0. The lowest BCUT2D eigenvalue weighted by molar-refractivity contribution is 0.202. The number of methoxy groups -OCH3 is 1. The average Bonchev–Trinajstić information content (AvgIpc) is 2.46. The zero-order valence-electron chi connectivity index (χ0n) is 10.7. The molecule has 0 aromatic heterocycles. The van der Waals surface area contributed by atoms with Crippen LogP contribution in [0.2, 0.25) is 0 Å². The Morgan fingerprint density at radius 2 is 1.33 bits per heavy atom. The Balaban J connectivity index is 2.12. The summed E-state index contributed by atoms with van der Waals surface area (Å²) < 4.78 is 5.07. The highest BCUT2D eigenvalue weighted by atomic mass is 16.5. The van der Waals surface area contributed by atoms with E-state index in [0.717, 1.165) is 18.6 Å². The first-order chi connectivity index (χ1) is 8.83. The molecule has 0 saturated carbocycles. The van der Waals surface area contributed by atoms with Crippen LogP contribution >= 0.6 is 0 Å². The summed E-state index contributed by atoms with van der Waals surface area (Å²) >= 11 is 0. The zero-order valence-corrected chi connectivity index (χ0v) is 10.7. The lowest BCUT2D eigenvalue weighted by atomic mass is 10.0. The fourth-order valence-corrected chi connectivity index (χ4v) is 1.92. The molecule has 0 bridgehead atoms. The number of hydrogen-bond acceptors (Lipinski definition) is 2. The van der Waals surface area contributed by atoms with Gasteiger partial charge in [-0.1, -0.05) is 48.5 Å². The van der Waals surface area contributed by atoms with Crippen LogP contribution in [-0.4, -0.2) is 13.7 Å². The van der Waals surface area contributed by atoms with Crippen LogP contribution in [0.4, 0.5) is 0 Å². The average molecular weight is 241 g/mol. The molecule has 2 aromatic carbocycles. The summed E-state index contributed by atoms with van der Waals surface area (Å²) in [5.74, 6) is 0. The molecule has 2 rings (SSSR count). The molecule has 0 saturated heterocycles. The summed E-state index contributed by atoms with van der Waals surface area (Å²) in [6, 6.07) is 17.0. The fourth-order valence-electron chi connectivity index (χ4n) is 1.92. The molecule has 2 nitrogen and oxygen atoms in total. The lowest BCUT2D eigenvalue weighted by Crippen LogP contribution is -1.95. The molecule has 2 aromatic rings. The maximum atomic E-state index is 5.59.